The molecule has 2 aromatic rings. The highest BCUT2D eigenvalue weighted by atomic mass is 32.1. The summed E-state index contributed by atoms with van der Waals surface area (Å²) in [6, 6.07) is 15.2. The lowest BCUT2D eigenvalue weighted by Gasteiger charge is -2.37. The second-order valence-corrected chi connectivity index (χ2v) is 7.46. The van der Waals surface area contributed by atoms with Crippen LogP contribution in [0.4, 0.5) is 0 Å². The summed E-state index contributed by atoms with van der Waals surface area (Å²) in [5.41, 5.74) is 7.74. The quantitative estimate of drug-likeness (QED) is 0.853. The van der Waals surface area contributed by atoms with Crippen molar-refractivity contribution in [3.63, 3.8) is 0 Å². The van der Waals surface area contributed by atoms with Gasteiger partial charge in [0, 0.05) is 23.5 Å². The Morgan fingerprint density at radius 3 is 2.38 bits per heavy atom. The van der Waals surface area contributed by atoms with Crippen molar-refractivity contribution in [2.45, 2.75) is 32.9 Å². The Bertz CT molecular complexity index is 534. The van der Waals surface area contributed by atoms with Crippen molar-refractivity contribution in [1.29, 1.82) is 0 Å². The third kappa shape index (κ3) is 3.94. The molecule has 2 atom stereocenters. The Kier molecular flexibility index (Phi) is 5.20. The third-order valence-electron chi connectivity index (χ3n) is 4.27. The zero-order valence-corrected chi connectivity index (χ0v) is 14.2. The molecule has 0 amide bonds. The average Bonchev–Trinajstić information content (AvgIpc) is 3.00. The zero-order chi connectivity index (χ0) is 15.5. The van der Waals surface area contributed by atoms with Gasteiger partial charge in [-0.15, -0.1) is 11.3 Å². The first-order chi connectivity index (χ1) is 9.92. The first kappa shape index (κ1) is 16.2. The minimum Gasteiger partial charge on any atom is -0.323 e. The number of hydrogen-bond donors (Lipinski definition) is 1. The number of nitrogens with zero attached hydrogens (tertiary/aromatic N) is 1. The lowest BCUT2D eigenvalue weighted by atomic mass is 9.80. The predicted octanol–water partition coefficient (Wildman–Crippen LogP) is 4.47. The van der Waals surface area contributed by atoms with Gasteiger partial charge in [-0.2, -0.15) is 0 Å². The van der Waals surface area contributed by atoms with Gasteiger partial charge in [-0.3, -0.25) is 4.90 Å². The number of benzene rings is 1. The van der Waals surface area contributed by atoms with E-state index < -0.39 is 0 Å². The molecule has 0 spiro atoms. The summed E-state index contributed by atoms with van der Waals surface area (Å²) in [5, 5.41) is 2.14. The zero-order valence-electron chi connectivity index (χ0n) is 13.4. The van der Waals surface area contributed by atoms with Crippen LogP contribution in [-0.2, 0) is 0 Å². The van der Waals surface area contributed by atoms with Crippen LogP contribution in [0.15, 0.2) is 47.8 Å². The van der Waals surface area contributed by atoms with Crippen LogP contribution < -0.4 is 5.73 Å². The Morgan fingerprint density at radius 2 is 1.81 bits per heavy atom. The van der Waals surface area contributed by atoms with Gasteiger partial charge >= 0.3 is 0 Å². The van der Waals surface area contributed by atoms with Gasteiger partial charge in [0.05, 0.1) is 0 Å². The molecule has 0 aliphatic rings. The summed E-state index contributed by atoms with van der Waals surface area (Å²) in [4.78, 5) is 3.80. The standard InChI is InChI=1S/C18H26N2S/c1-14(16-11-8-12-21-16)20(4)13-18(2,3)17(19)15-9-6-5-7-10-15/h5-12,14,17H,13,19H2,1-4H3. The molecule has 0 aliphatic heterocycles. The molecule has 0 radical (unpaired) electrons. The highest BCUT2D eigenvalue weighted by Crippen LogP contribution is 2.34. The maximum absolute atomic E-state index is 6.52. The number of rotatable bonds is 6. The molecule has 2 rings (SSSR count). The van der Waals surface area contributed by atoms with Crippen LogP contribution in [0.25, 0.3) is 0 Å². The van der Waals surface area contributed by atoms with Crippen LogP contribution in [0, 0.1) is 5.41 Å². The van der Waals surface area contributed by atoms with E-state index in [-0.39, 0.29) is 11.5 Å². The van der Waals surface area contributed by atoms with Crippen LogP contribution >= 0.6 is 11.3 Å². The first-order valence-electron chi connectivity index (χ1n) is 7.46. The number of thiophene rings is 1. The topological polar surface area (TPSA) is 29.3 Å². The molecule has 0 bridgehead atoms. The molecule has 21 heavy (non-hydrogen) atoms. The normalized spacial score (nSPS) is 15.1. The molecule has 0 fully saturated rings. The maximum Gasteiger partial charge on any atom is 0.0410 e. The fourth-order valence-electron chi connectivity index (χ4n) is 2.74. The van der Waals surface area contributed by atoms with E-state index in [1.807, 2.05) is 17.4 Å². The lowest BCUT2D eigenvalue weighted by molar-refractivity contribution is 0.146. The average molecular weight is 302 g/mol. The monoisotopic (exact) mass is 302 g/mol. The first-order valence-corrected chi connectivity index (χ1v) is 8.34. The Labute approximate surface area is 132 Å². The van der Waals surface area contributed by atoms with Gasteiger partial charge < -0.3 is 5.73 Å². The molecule has 2 unspecified atom stereocenters. The van der Waals surface area contributed by atoms with Gasteiger partial charge in [0.25, 0.3) is 0 Å². The molecule has 0 saturated carbocycles. The molecular weight excluding hydrogens is 276 g/mol. The van der Waals surface area contributed by atoms with E-state index in [2.05, 4.69) is 74.5 Å². The van der Waals surface area contributed by atoms with Crippen LogP contribution in [0.3, 0.4) is 0 Å². The van der Waals surface area contributed by atoms with Crippen molar-refractivity contribution in [1.82, 2.24) is 4.90 Å². The molecule has 3 heteroatoms. The summed E-state index contributed by atoms with van der Waals surface area (Å²) in [6.07, 6.45) is 0. The van der Waals surface area contributed by atoms with Crippen LogP contribution in [0.1, 0.15) is 43.3 Å². The SMILES string of the molecule is CC(c1cccs1)N(C)CC(C)(C)C(N)c1ccccc1. The van der Waals surface area contributed by atoms with Crippen molar-refractivity contribution in [3.05, 3.63) is 58.3 Å². The van der Waals surface area contributed by atoms with E-state index in [1.165, 1.54) is 10.4 Å². The summed E-state index contributed by atoms with van der Waals surface area (Å²) >= 11 is 1.82. The van der Waals surface area contributed by atoms with E-state index in [4.69, 9.17) is 5.73 Å². The molecule has 2 nitrogen and oxygen atoms in total. The molecule has 1 aromatic heterocycles. The van der Waals surface area contributed by atoms with Crippen molar-refractivity contribution in [2.75, 3.05) is 13.6 Å². The maximum atomic E-state index is 6.52. The largest absolute Gasteiger partial charge is 0.323 e. The molecule has 1 aromatic carbocycles. The van der Waals surface area contributed by atoms with E-state index in [1.54, 1.807) is 0 Å². The smallest absolute Gasteiger partial charge is 0.0410 e. The van der Waals surface area contributed by atoms with Crippen molar-refractivity contribution in [3.8, 4) is 0 Å². The van der Waals surface area contributed by atoms with Gasteiger partial charge in [0.1, 0.15) is 0 Å². The van der Waals surface area contributed by atoms with Crippen molar-refractivity contribution in [2.24, 2.45) is 11.1 Å². The van der Waals surface area contributed by atoms with Gasteiger partial charge in [-0.05, 0) is 36.4 Å². The molecular formula is C18H26N2S. The van der Waals surface area contributed by atoms with Crippen molar-refractivity contribution < 1.29 is 0 Å². The molecule has 0 saturated heterocycles. The number of nitrogens with two attached hydrogens (primary N) is 1. The molecule has 0 aliphatic carbocycles. The predicted molar refractivity (Wildman–Crippen MR) is 92.5 cm³/mol. The van der Waals surface area contributed by atoms with Crippen LogP contribution in [0.2, 0.25) is 0 Å². The summed E-state index contributed by atoms with van der Waals surface area (Å²) in [6.45, 7) is 7.72. The highest BCUT2D eigenvalue weighted by molar-refractivity contribution is 7.10. The minimum atomic E-state index is 0.0155. The second kappa shape index (κ2) is 6.73. The second-order valence-electron chi connectivity index (χ2n) is 6.48. The molecule has 2 N–H and O–H groups in total. The van der Waals surface area contributed by atoms with E-state index >= 15 is 0 Å². The Balaban J connectivity index is 2.06. The van der Waals surface area contributed by atoms with Gasteiger partial charge in [0.15, 0.2) is 0 Å². The van der Waals surface area contributed by atoms with Gasteiger partial charge in [-0.25, -0.2) is 0 Å². The van der Waals surface area contributed by atoms with Gasteiger partial charge in [-0.1, -0.05) is 50.2 Å². The Morgan fingerprint density at radius 1 is 1.14 bits per heavy atom. The summed E-state index contributed by atoms with van der Waals surface area (Å²) < 4.78 is 0. The van der Waals surface area contributed by atoms with Crippen LogP contribution in [0.5, 0.6) is 0 Å². The molecule has 114 valence electrons. The number of hydrogen-bond acceptors (Lipinski definition) is 3. The van der Waals surface area contributed by atoms with E-state index in [0.29, 0.717) is 6.04 Å². The highest BCUT2D eigenvalue weighted by Gasteiger charge is 2.30. The van der Waals surface area contributed by atoms with Crippen molar-refractivity contribution >= 4 is 11.3 Å². The summed E-state index contributed by atoms with van der Waals surface area (Å²) in [5.74, 6) is 0. The fraction of sp³-hybridized carbons (Fsp3) is 0.444. The molecule has 1 heterocycles. The van der Waals surface area contributed by atoms with E-state index in [0.717, 1.165) is 6.54 Å². The van der Waals surface area contributed by atoms with Gasteiger partial charge in [0.2, 0.25) is 0 Å². The fourth-order valence-corrected chi connectivity index (χ4v) is 3.58. The summed E-state index contributed by atoms with van der Waals surface area (Å²) in [7, 11) is 2.18. The lowest BCUT2D eigenvalue weighted by Crippen LogP contribution is -2.40. The Hall–Kier alpha value is -1.16. The van der Waals surface area contributed by atoms with Crippen LogP contribution in [-0.4, -0.2) is 18.5 Å². The third-order valence-corrected chi connectivity index (χ3v) is 5.32. The van der Waals surface area contributed by atoms with E-state index in [9.17, 15) is 0 Å². The minimum absolute atomic E-state index is 0.0155.